The third-order valence-electron chi connectivity index (χ3n) is 5.98. The largest absolute Gasteiger partial charge is 0.208 e. The summed E-state index contributed by atoms with van der Waals surface area (Å²) in [6, 6.07) is 40.8. The summed E-state index contributed by atoms with van der Waals surface area (Å²) in [5.74, 6) is 1.93. The van der Waals surface area contributed by atoms with Crippen LogP contribution in [0.15, 0.2) is 121 Å². The number of aromatic nitrogens is 3. The van der Waals surface area contributed by atoms with Gasteiger partial charge in [-0.3, -0.25) is 0 Å². The molecule has 0 bridgehead atoms. The van der Waals surface area contributed by atoms with Crippen LogP contribution >= 0.6 is 11.6 Å². The van der Waals surface area contributed by atoms with Crippen LogP contribution in [0.1, 0.15) is 0 Å². The zero-order valence-electron chi connectivity index (χ0n) is 18.8. The number of benzene rings is 5. The number of hydrogen-bond donors (Lipinski definition) is 0. The quantitative estimate of drug-likeness (QED) is 0.260. The molecule has 35 heavy (non-hydrogen) atoms. The van der Waals surface area contributed by atoms with Crippen molar-refractivity contribution in [3.63, 3.8) is 0 Å². The lowest BCUT2D eigenvalue weighted by atomic mass is 10.0. The maximum atomic E-state index is 6.17. The zero-order chi connectivity index (χ0) is 23.6. The molecule has 1 heterocycles. The molecule has 1 aromatic heterocycles. The predicted molar refractivity (Wildman–Crippen MR) is 144 cm³/mol. The third kappa shape index (κ3) is 4.42. The Balaban J connectivity index is 1.47. The van der Waals surface area contributed by atoms with Crippen molar-refractivity contribution in [1.29, 1.82) is 0 Å². The van der Waals surface area contributed by atoms with Gasteiger partial charge in [-0.05, 0) is 40.1 Å². The standard InChI is InChI=1S/C31H20ClN3/c32-28-18-17-25-19-27(16-15-26(25)20-28)31-34-29(23-9-5-2-6-10-23)33-30(35-31)24-13-11-22(12-14-24)21-7-3-1-4-8-21/h1-20H. The fourth-order valence-electron chi connectivity index (χ4n) is 4.15. The molecule has 0 aliphatic rings. The molecule has 4 heteroatoms. The number of nitrogens with zero attached hydrogens (tertiary/aromatic N) is 3. The molecule has 166 valence electrons. The van der Waals surface area contributed by atoms with Crippen molar-refractivity contribution in [3.8, 4) is 45.3 Å². The maximum Gasteiger partial charge on any atom is 0.164 e. The number of rotatable bonds is 4. The van der Waals surface area contributed by atoms with Gasteiger partial charge in [0.2, 0.25) is 0 Å². The first-order valence-corrected chi connectivity index (χ1v) is 11.8. The van der Waals surface area contributed by atoms with E-state index >= 15 is 0 Å². The first-order valence-electron chi connectivity index (χ1n) is 11.4. The van der Waals surface area contributed by atoms with E-state index in [2.05, 4.69) is 48.5 Å². The van der Waals surface area contributed by atoms with Crippen LogP contribution in [0.2, 0.25) is 5.02 Å². The van der Waals surface area contributed by atoms with E-state index < -0.39 is 0 Å². The second kappa shape index (κ2) is 9.13. The lowest BCUT2D eigenvalue weighted by Crippen LogP contribution is -2.00. The van der Waals surface area contributed by atoms with Crippen molar-refractivity contribution in [3.05, 3.63) is 126 Å². The molecule has 3 nitrogen and oxygen atoms in total. The van der Waals surface area contributed by atoms with Gasteiger partial charge in [-0.15, -0.1) is 0 Å². The summed E-state index contributed by atoms with van der Waals surface area (Å²) in [6.07, 6.45) is 0. The summed E-state index contributed by atoms with van der Waals surface area (Å²) in [6.45, 7) is 0. The van der Waals surface area contributed by atoms with E-state index in [0.29, 0.717) is 17.5 Å². The second-order valence-corrected chi connectivity index (χ2v) is 8.76. The minimum Gasteiger partial charge on any atom is -0.208 e. The van der Waals surface area contributed by atoms with E-state index in [1.54, 1.807) is 0 Å². The molecule has 0 amide bonds. The van der Waals surface area contributed by atoms with Crippen LogP contribution in [-0.4, -0.2) is 15.0 Å². The summed E-state index contributed by atoms with van der Waals surface area (Å²) in [4.78, 5) is 14.6. The van der Waals surface area contributed by atoms with Gasteiger partial charge in [0, 0.05) is 21.7 Å². The maximum absolute atomic E-state index is 6.17. The predicted octanol–water partition coefficient (Wildman–Crippen LogP) is 8.35. The zero-order valence-corrected chi connectivity index (χ0v) is 19.5. The normalized spacial score (nSPS) is 11.0. The van der Waals surface area contributed by atoms with Gasteiger partial charge in [-0.2, -0.15) is 0 Å². The van der Waals surface area contributed by atoms with E-state index in [9.17, 15) is 0 Å². The molecule has 0 N–H and O–H groups in total. The van der Waals surface area contributed by atoms with Gasteiger partial charge in [0.05, 0.1) is 0 Å². The minimum atomic E-state index is 0.637. The highest BCUT2D eigenvalue weighted by molar-refractivity contribution is 6.31. The van der Waals surface area contributed by atoms with Gasteiger partial charge in [-0.25, -0.2) is 15.0 Å². The summed E-state index contributed by atoms with van der Waals surface area (Å²) >= 11 is 6.17. The van der Waals surface area contributed by atoms with Gasteiger partial charge in [-0.1, -0.05) is 115 Å². The van der Waals surface area contributed by atoms with Crippen molar-refractivity contribution in [2.45, 2.75) is 0 Å². The molecule has 0 spiro atoms. The Morgan fingerprint density at radius 3 is 1.46 bits per heavy atom. The monoisotopic (exact) mass is 469 g/mol. The first kappa shape index (κ1) is 21.2. The molecule has 0 unspecified atom stereocenters. The molecule has 0 aliphatic carbocycles. The van der Waals surface area contributed by atoms with Crippen LogP contribution < -0.4 is 0 Å². The van der Waals surface area contributed by atoms with Crippen molar-refractivity contribution < 1.29 is 0 Å². The highest BCUT2D eigenvalue weighted by Gasteiger charge is 2.13. The lowest BCUT2D eigenvalue weighted by molar-refractivity contribution is 1.07. The summed E-state index contributed by atoms with van der Waals surface area (Å²) in [7, 11) is 0. The summed E-state index contributed by atoms with van der Waals surface area (Å²) < 4.78 is 0. The average molecular weight is 470 g/mol. The molecule has 0 radical (unpaired) electrons. The van der Waals surface area contributed by atoms with Crippen LogP contribution in [0.25, 0.3) is 56.1 Å². The SMILES string of the molecule is Clc1ccc2cc(-c3nc(-c4ccccc4)nc(-c4ccc(-c5ccccc5)cc4)n3)ccc2c1. The number of hydrogen-bond acceptors (Lipinski definition) is 3. The van der Waals surface area contributed by atoms with Gasteiger partial charge >= 0.3 is 0 Å². The number of fused-ring (bicyclic) bond motifs is 1. The third-order valence-corrected chi connectivity index (χ3v) is 6.21. The van der Waals surface area contributed by atoms with Crippen LogP contribution in [0.5, 0.6) is 0 Å². The fourth-order valence-corrected chi connectivity index (χ4v) is 4.33. The Labute approximate surface area is 208 Å². The average Bonchev–Trinajstić information content (AvgIpc) is 2.93. The van der Waals surface area contributed by atoms with Gasteiger partial charge < -0.3 is 0 Å². The van der Waals surface area contributed by atoms with Crippen LogP contribution in [0.3, 0.4) is 0 Å². The second-order valence-electron chi connectivity index (χ2n) is 8.32. The smallest absolute Gasteiger partial charge is 0.164 e. The Bertz CT molecular complexity index is 1630. The molecule has 0 saturated carbocycles. The van der Waals surface area contributed by atoms with Gasteiger partial charge in [0.25, 0.3) is 0 Å². The van der Waals surface area contributed by atoms with Crippen molar-refractivity contribution in [2.24, 2.45) is 0 Å². The Morgan fingerprint density at radius 2 is 0.800 bits per heavy atom. The molecule has 0 fully saturated rings. The molecule has 0 atom stereocenters. The van der Waals surface area contributed by atoms with Gasteiger partial charge in [0.15, 0.2) is 17.5 Å². The van der Waals surface area contributed by atoms with E-state index in [-0.39, 0.29) is 0 Å². The Kier molecular flexibility index (Phi) is 5.53. The Morgan fingerprint density at radius 1 is 0.371 bits per heavy atom. The molecule has 6 aromatic rings. The highest BCUT2D eigenvalue weighted by Crippen LogP contribution is 2.29. The molecule has 6 rings (SSSR count). The van der Waals surface area contributed by atoms with E-state index in [1.807, 2.05) is 72.8 Å². The van der Waals surface area contributed by atoms with E-state index in [0.717, 1.165) is 38.0 Å². The molecular weight excluding hydrogens is 450 g/mol. The van der Waals surface area contributed by atoms with Crippen LogP contribution in [0.4, 0.5) is 0 Å². The van der Waals surface area contributed by atoms with E-state index in [4.69, 9.17) is 26.6 Å². The summed E-state index contributed by atoms with van der Waals surface area (Å²) in [5, 5.41) is 2.88. The van der Waals surface area contributed by atoms with Crippen LogP contribution in [0, 0.1) is 0 Å². The topological polar surface area (TPSA) is 38.7 Å². The molecule has 5 aromatic carbocycles. The van der Waals surface area contributed by atoms with Gasteiger partial charge in [0.1, 0.15) is 0 Å². The molecule has 0 aliphatic heterocycles. The van der Waals surface area contributed by atoms with Crippen molar-refractivity contribution in [2.75, 3.05) is 0 Å². The van der Waals surface area contributed by atoms with Crippen molar-refractivity contribution in [1.82, 2.24) is 15.0 Å². The fraction of sp³-hybridized carbons (Fsp3) is 0. The first-order chi connectivity index (χ1) is 17.2. The van der Waals surface area contributed by atoms with E-state index in [1.165, 1.54) is 5.56 Å². The van der Waals surface area contributed by atoms with Crippen LogP contribution in [-0.2, 0) is 0 Å². The molecular formula is C31H20ClN3. The number of halogens is 1. The Hall–Kier alpha value is -4.34. The van der Waals surface area contributed by atoms with Crippen molar-refractivity contribution >= 4 is 22.4 Å². The molecule has 0 saturated heterocycles. The highest BCUT2D eigenvalue weighted by atomic mass is 35.5. The minimum absolute atomic E-state index is 0.637. The lowest BCUT2D eigenvalue weighted by Gasteiger charge is -2.10. The summed E-state index contributed by atoms with van der Waals surface area (Å²) in [5.41, 5.74) is 5.15.